The summed E-state index contributed by atoms with van der Waals surface area (Å²) in [7, 11) is -3.89. The molecule has 4 rings (SSSR count). The van der Waals surface area contributed by atoms with E-state index < -0.39 is 16.1 Å². The van der Waals surface area contributed by atoms with E-state index in [1.807, 2.05) is 35.8 Å². The molecule has 0 aliphatic rings. The first-order valence-electron chi connectivity index (χ1n) is 11.4. The molecule has 0 fully saturated rings. The molecule has 8 nitrogen and oxygen atoms in total. The number of nitrogens with one attached hydrogen (secondary N) is 2. The Balaban J connectivity index is 1.61. The first-order chi connectivity index (χ1) is 17.6. The molecule has 1 aromatic heterocycles. The number of carbonyl (C=O) groups excluding carboxylic acids is 1. The van der Waals surface area contributed by atoms with Crippen LogP contribution in [0, 0.1) is 12.7 Å². The number of anilines is 1. The number of rotatable bonds is 9. The van der Waals surface area contributed by atoms with Crippen LogP contribution in [-0.4, -0.2) is 29.1 Å². The van der Waals surface area contributed by atoms with Crippen molar-refractivity contribution in [1.82, 2.24) is 19.5 Å². The first-order valence-corrected chi connectivity index (χ1v) is 13.9. The molecule has 1 atom stereocenters. The number of halogens is 1. The molecule has 0 saturated heterocycles. The van der Waals surface area contributed by atoms with Crippen LogP contribution in [0.3, 0.4) is 0 Å². The van der Waals surface area contributed by atoms with Gasteiger partial charge in [0.05, 0.1) is 10.9 Å². The van der Waals surface area contributed by atoms with Crippen molar-refractivity contribution in [3.8, 4) is 5.69 Å². The Morgan fingerprint density at radius 3 is 2.27 bits per heavy atom. The smallest absolute Gasteiger partial charge is 0.241 e. The maximum atomic E-state index is 13.3. The van der Waals surface area contributed by atoms with Gasteiger partial charge >= 0.3 is 0 Å². The van der Waals surface area contributed by atoms with Gasteiger partial charge in [-0.05, 0) is 67.9 Å². The van der Waals surface area contributed by atoms with E-state index in [4.69, 9.17) is 0 Å². The second-order valence-electron chi connectivity index (χ2n) is 8.48. The highest BCUT2D eigenvalue weighted by molar-refractivity contribution is 7.98. The molecule has 0 radical (unpaired) electrons. The fourth-order valence-corrected chi connectivity index (χ4v) is 5.71. The number of thioether (sulfide) groups is 1. The summed E-state index contributed by atoms with van der Waals surface area (Å²) < 4.78 is 44.0. The largest absolute Gasteiger partial charge is 0.326 e. The Labute approximate surface area is 219 Å². The van der Waals surface area contributed by atoms with Crippen LogP contribution < -0.4 is 10.0 Å². The quantitative estimate of drug-likeness (QED) is 0.290. The lowest BCUT2D eigenvalue weighted by Crippen LogP contribution is -2.28. The van der Waals surface area contributed by atoms with Crippen LogP contribution in [0.2, 0.25) is 0 Å². The highest BCUT2D eigenvalue weighted by atomic mass is 32.2. The summed E-state index contributed by atoms with van der Waals surface area (Å²) in [6.07, 6.45) is 0. The molecule has 2 N–H and O–H groups in total. The van der Waals surface area contributed by atoms with Gasteiger partial charge in [-0.1, -0.05) is 41.6 Å². The van der Waals surface area contributed by atoms with Crippen molar-refractivity contribution in [3.63, 3.8) is 0 Å². The predicted molar refractivity (Wildman–Crippen MR) is 142 cm³/mol. The van der Waals surface area contributed by atoms with Crippen LogP contribution >= 0.6 is 11.8 Å². The van der Waals surface area contributed by atoms with Crippen LogP contribution in [0.15, 0.2) is 82.8 Å². The molecule has 1 heterocycles. The highest BCUT2D eigenvalue weighted by Crippen LogP contribution is 2.28. The minimum atomic E-state index is -3.89. The van der Waals surface area contributed by atoms with Crippen molar-refractivity contribution in [2.45, 2.75) is 42.6 Å². The van der Waals surface area contributed by atoms with Gasteiger partial charge in [0.25, 0.3) is 0 Å². The van der Waals surface area contributed by atoms with Gasteiger partial charge < -0.3 is 5.32 Å². The minimum Gasteiger partial charge on any atom is -0.326 e. The van der Waals surface area contributed by atoms with Crippen LogP contribution in [0.4, 0.5) is 10.1 Å². The molecular weight excluding hydrogens is 513 g/mol. The molecule has 1 amide bonds. The Bertz CT molecular complexity index is 1490. The SMILES string of the molecule is CC(=O)Nc1ccc(S(=O)(=O)NC(C)c2nnc(SCc3ccc(F)cc3)n2-c2ccc(C)cc2)cc1. The summed E-state index contributed by atoms with van der Waals surface area (Å²) in [6, 6.07) is 19.2. The van der Waals surface area contributed by atoms with Gasteiger partial charge in [0.2, 0.25) is 15.9 Å². The van der Waals surface area contributed by atoms with E-state index in [1.54, 1.807) is 19.1 Å². The molecule has 0 saturated carbocycles. The van der Waals surface area contributed by atoms with E-state index in [-0.39, 0.29) is 16.6 Å². The van der Waals surface area contributed by atoms with Crippen molar-refractivity contribution < 1.29 is 17.6 Å². The van der Waals surface area contributed by atoms with E-state index in [0.29, 0.717) is 22.4 Å². The second kappa shape index (κ2) is 11.2. The van der Waals surface area contributed by atoms with E-state index in [2.05, 4.69) is 20.2 Å². The highest BCUT2D eigenvalue weighted by Gasteiger charge is 2.25. The van der Waals surface area contributed by atoms with E-state index in [0.717, 1.165) is 16.8 Å². The Morgan fingerprint density at radius 1 is 1.00 bits per heavy atom. The number of sulfonamides is 1. The van der Waals surface area contributed by atoms with Crippen LogP contribution in [0.1, 0.15) is 36.8 Å². The Morgan fingerprint density at radius 2 is 1.65 bits per heavy atom. The van der Waals surface area contributed by atoms with Gasteiger partial charge in [-0.15, -0.1) is 10.2 Å². The lowest BCUT2D eigenvalue weighted by atomic mass is 10.2. The number of nitrogens with zero attached hydrogens (tertiary/aromatic N) is 3. The third-order valence-corrected chi connectivity index (χ3v) is 7.99. The van der Waals surface area contributed by atoms with Crippen molar-refractivity contribution in [3.05, 3.63) is 95.6 Å². The summed E-state index contributed by atoms with van der Waals surface area (Å²) in [4.78, 5) is 11.3. The first kappa shape index (κ1) is 26.5. The molecule has 4 aromatic rings. The average molecular weight is 540 g/mol. The van der Waals surface area contributed by atoms with Crippen LogP contribution in [0.25, 0.3) is 5.69 Å². The van der Waals surface area contributed by atoms with E-state index >= 15 is 0 Å². The van der Waals surface area contributed by atoms with Gasteiger partial charge in [0, 0.05) is 24.1 Å². The summed E-state index contributed by atoms with van der Waals surface area (Å²) in [5.41, 5.74) is 3.29. The number of hydrogen-bond donors (Lipinski definition) is 2. The monoisotopic (exact) mass is 539 g/mol. The van der Waals surface area contributed by atoms with Gasteiger partial charge in [0.1, 0.15) is 5.82 Å². The van der Waals surface area contributed by atoms with Crippen molar-refractivity contribution in [2.75, 3.05) is 5.32 Å². The summed E-state index contributed by atoms with van der Waals surface area (Å²) in [5.74, 6) is 0.407. The van der Waals surface area contributed by atoms with Crippen LogP contribution in [0.5, 0.6) is 0 Å². The third-order valence-electron chi connectivity index (χ3n) is 5.44. The number of aromatic nitrogens is 3. The summed E-state index contributed by atoms with van der Waals surface area (Å²) >= 11 is 1.42. The standard InChI is InChI=1S/C26H26FN5O3S2/c1-17-4-12-23(13-5-17)32-25(29-30-26(32)36-16-20-6-8-21(27)9-7-20)18(2)31-37(34,35)24-14-10-22(11-15-24)28-19(3)33/h4-15,18,31H,16H2,1-3H3,(H,28,33). The zero-order valence-corrected chi connectivity index (χ0v) is 22.1. The van der Waals surface area contributed by atoms with E-state index in [1.165, 1.54) is 55.1 Å². The fourth-order valence-electron chi connectivity index (χ4n) is 3.59. The molecule has 0 bridgehead atoms. The molecule has 3 aromatic carbocycles. The number of benzene rings is 3. The lowest BCUT2D eigenvalue weighted by molar-refractivity contribution is -0.114. The predicted octanol–water partition coefficient (Wildman–Crippen LogP) is 5.01. The molecular formula is C26H26FN5O3S2. The molecule has 0 spiro atoms. The number of carbonyl (C=O) groups is 1. The molecule has 192 valence electrons. The zero-order valence-electron chi connectivity index (χ0n) is 20.5. The van der Waals surface area contributed by atoms with Gasteiger partial charge in [-0.2, -0.15) is 0 Å². The van der Waals surface area contributed by atoms with Gasteiger partial charge in [-0.3, -0.25) is 9.36 Å². The van der Waals surface area contributed by atoms with Crippen molar-refractivity contribution >= 4 is 33.4 Å². The minimum absolute atomic E-state index is 0.0563. The zero-order chi connectivity index (χ0) is 26.6. The Kier molecular flexibility index (Phi) is 8.06. The number of hydrogen-bond acceptors (Lipinski definition) is 6. The van der Waals surface area contributed by atoms with Crippen molar-refractivity contribution in [2.24, 2.45) is 0 Å². The summed E-state index contributed by atoms with van der Waals surface area (Å²) in [6.45, 7) is 5.06. The van der Waals surface area contributed by atoms with Crippen LogP contribution in [-0.2, 0) is 20.6 Å². The maximum absolute atomic E-state index is 13.3. The summed E-state index contributed by atoms with van der Waals surface area (Å²) in [5, 5.41) is 11.9. The molecule has 0 aliphatic carbocycles. The van der Waals surface area contributed by atoms with Gasteiger partial charge in [-0.25, -0.2) is 17.5 Å². The second-order valence-corrected chi connectivity index (χ2v) is 11.1. The molecule has 37 heavy (non-hydrogen) atoms. The number of aryl methyl sites for hydroxylation is 1. The fraction of sp³-hybridized carbons (Fsp3) is 0.192. The Hall–Kier alpha value is -3.54. The molecule has 0 aliphatic heterocycles. The number of amides is 1. The van der Waals surface area contributed by atoms with Gasteiger partial charge in [0.15, 0.2) is 11.0 Å². The molecule has 1 unspecified atom stereocenters. The topological polar surface area (TPSA) is 106 Å². The third kappa shape index (κ3) is 6.62. The normalized spacial score (nSPS) is 12.3. The van der Waals surface area contributed by atoms with Crippen molar-refractivity contribution in [1.29, 1.82) is 0 Å². The lowest BCUT2D eigenvalue weighted by Gasteiger charge is -2.17. The maximum Gasteiger partial charge on any atom is 0.241 e. The van der Waals surface area contributed by atoms with E-state index in [9.17, 15) is 17.6 Å². The average Bonchev–Trinajstić information content (AvgIpc) is 3.28. The molecule has 11 heteroatoms.